The van der Waals surface area contributed by atoms with E-state index in [0.717, 1.165) is 30.0 Å². The third-order valence-electron chi connectivity index (χ3n) is 3.14. The highest BCUT2D eigenvalue weighted by Gasteiger charge is 2.22. The van der Waals surface area contributed by atoms with Crippen LogP contribution in [-0.2, 0) is 6.42 Å². The standard InChI is InChI=1S/C15H13FINO/c16-11-1-6-15-10(7-11)8-14(19-15)9-18-13-4-2-12(17)3-5-13/h1-7,14,18H,8-9H2. The van der Waals surface area contributed by atoms with E-state index >= 15 is 0 Å². The molecule has 19 heavy (non-hydrogen) atoms. The van der Waals surface area contributed by atoms with Crippen molar-refractivity contribution in [1.29, 1.82) is 0 Å². The maximum Gasteiger partial charge on any atom is 0.123 e. The maximum atomic E-state index is 13.1. The summed E-state index contributed by atoms with van der Waals surface area (Å²) in [6.07, 6.45) is 0.820. The van der Waals surface area contributed by atoms with Gasteiger partial charge in [0.15, 0.2) is 0 Å². The van der Waals surface area contributed by atoms with Gasteiger partial charge < -0.3 is 10.1 Å². The maximum absolute atomic E-state index is 13.1. The summed E-state index contributed by atoms with van der Waals surface area (Å²) in [5, 5.41) is 3.34. The van der Waals surface area contributed by atoms with Crippen LogP contribution < -0.4 is 10.1 Å². The number of hydrogen-bond acceptors (Lipinski definition) is 2. The summed E-state index contributed by atoms with van der Waals surface area (Å²) in [6.45, 7) is 0.719. The van der Waals surface area contributed by atoms with Crippen molar-refractivity contribution in [3.63, 3.8) is 0 Å². The number of ether oxygens (including phenoxy) is 1. The summed E-state index contributed by atoms with van der Waals surface area (Å²) in [5.41, 5.74) is 2.03. The van der Waals surface area contributed by atoms with Crippen molar-refractivity contribution in [2.24, 2.45) is 0 Å². The lowest BCUT2D eigenvalue weighted by Crippen LogP contribution is -2.23. The fourth-order valence-corrected chi connectivity index (χ4v) is 2.56. The Hall–Kier alpha value is -1.30. The molecule has 0 fully saturated rings. The molecule has 1 N–H and O–H groups in total. The Morgan fingerprint density at radius 3 is 2.79 bits per heavy atom. The van der Waals surface area contributed by atoms with Crippen LogP contribution in [0.3, 0.4) is 0 Å². The van der Waals surface area contributed by atoms with Gasteiger partial charge in [-0.3, -0.25) is 0 Å². The molecule has 3 rings (SSSR count). The van der Waals surface area contributed by atoms with Crippen molar-refractivity contribution >= 4 is 28.3 Å². The van der Waals surface area contributed by atoms with E-state index in [0.29, 0.717) is 0 Å². The average molecular weight is 369 g/mol. The second-order valence-corrected chi connectivity index (χ2v) is 5.83. The molecule has 2 aromatic carbocycles. The molecular weight excluding hydrogens is 356 g/mol. The summed E-state index contributed by atoms with van der Waals surface area (Å²) in [6, 6.07) is 12.9. The number of fused-ring (bicyclic) bond motifs is 1. The topological polar surface area (TPSA) is 21.3 Å². The first-order valence-corrected chi connectivity index (χ1v) is 7.23. The molecule has 1 atom stereocenters. The van der Waals surface area contributed by atoms with Crippen LogP contribution in [0.2, 0.25) is 0 Å². The van der Waals surface area contributed by atoms with E-state index in [2.05, 4.69) is 40.0 Å². The van der Waals surface area contributed by atoms with Gasteiger partial charge in [0.25, 0.3) is 0 Å². The third-order valence-corrected chi connectivity index (χ3v) is 3.86. The Morgan fingerprint density at radius 2 is 2.00 bits per heavy atom. The average Bonchev–Trinajstić information content (AvgIpc) is 2.80. The normalized spacial score (nSPS) is 16.8. The second kappa shape index (κ2) is 5.36. The zero-order chi connectivity index (χ0) is 13.2. The summed E-state index contributed by atoms with van der Waals surface area (Å²) in [5.74, 6) is 0.601. The molecule has 0 aliphatic carbocycles. The minimum Gasteiger partial charge on any atom is -0.488 e. The summed E-state index contributed by atoms with van der Waals surface area (Å²) in [4.78, 5) is 0. The van der Waals surface area contributed by atoms with Crippen LogP contribution in [0.5, 0.6) is 5.75 Å². The Labute approximate surface area is 125 Å². The number of rotatable bonds is 3. The van der Waals surface area contributed by atoms with Crippen LogP contribution in [0.25, 0.3) is 0 Å². The zero-order valence-corrected chi connectivity index (χ0v) is 12.4. The van der Waals surface area contributed by atoms with Crippen LogP contribution in [0, 0.1) is 9.39 Å². The molecule has 0 aromatic heterocycles. The van der Waals surface area contributed by atoms with E-state index in [4.69, 9.17) is 4.74 Å². The van der Waals surface area contributed by atoms with Gasteiger partial charge in [0.2, 0.25) is 0 Å². The van der Waals surface area contributed by atoms with Crippen LogP contribution in [0.15, 0.2) is 42.5 Å². The predicted molar refractivity (Wildman–Crippen MR) is 82.2 cm³/mol. The smallest absolute Gasteiger partial charge is 0.123 e. The van der Waals surface area contributed by atoms with Crippen molar-refractivity contribution in [1.82, 2.24) is 0 Å². The van der Waals surface area contributed by atoms with Crippen molar-refractivity contribution in [3.8, 4) is 5.75 Å². The lowest BCUT2D eigenvalue weighted by molar-refractivity contribution is 0.246. The molecule has 4 heteroatoms. The molecule has 0 saturated heterocycles. The van der Waals surface area contributed by atoms with Crippen LogP contribution in [0.4, 0.5) is 10.1 Å². The number of anilines is 1. The van der Waals surface area contributed by atoms with Gasteiger partial charge in [-0.05, 0) is 65.1 Å². The monoisotopic (exact) mass is 369 g/mol. The summed E-state index contributed by atoms with van der Waals surface area (Å²) < 4.78 is 20.1. The highest BCUT2D eigenvalue weighted by molar-refractivity contribution is 14.1. The number of benzene rings is 2. The molecule has 0 saturated carbocycles. The van der Waals surface area contributed by atoms with Crippen molar-refractivity contribution in [2.45, 2.75) is 12.5 Å². The van der Waals surface area contributed by atoms with Gasteiger partial charge in [0, 0.05) is 21.2 Å². The van der Waals surface area contributed by atoms with Crippen molar-refractivity contribution in [3.05, 3.63) is 57.4 Å². The van der Waals surface area contributed by atoms with Gasteiger partial charge >= 0.3 is 0 Å². The fourth-order valence-electron chi connectivity index (χ4n) is 2.20. The quantitative estimate of drug-likeness (QED) is 0.831. The molecule has 1 aliphatic heterocycles. The Bertz CT molecular complexity index is 585. The van der Waals surface area contributed by atoms with Gasteiger partial charge in [0.1, 0.15) is 17.7 Å². The molecule has 1 heterocycles. The highest BCUT2D eigenvalue weighted by atomic mass is 127. The fraction of sp³-hybridized carbons (Fsp3) is 0.200. The van der Waals surface area contributed by atoms with Crippen LogP contribution in [0.1, 0.15) is 5.56 Å². The van der Waals surface area contributed by atoms with Crippen molar-refractivity contribution in [2.75, 3.05) is 11.9 Å². The molecule has 0 spiro atoms. The Kier molecular flexibility index (Phi) is 3.59. The van der Waals surface area contributed by atoms with E-state index in [1.54, 1.807) is 12.1 Å². The number of hydrogen-bond donors (Lipinski definition) is 1. The minimum absolute atomic E-state index is 0.0658. The Balaban J connectivity index is 1.60. The van der Waals surface area contributed by atoms with E-state index < -0.39 is 0 Å². The molecule has 0 bridgehead atoms. The SMILES string of the molecule is Fc1ccc2c(c1)CC(CNc1ccc(I)cc1)O2. The second-order valence-electron chi connectivity index (χ2n) is 4.58. The lowest BCUT2D eigenvalue weighted by atomic mass is 10.1. The molecule has 2 nitrogen and oxygen atoms in total. The molecule has 1 aliphatic rings. The minimum atomic E-state index is -0.200. The number of halogens is 2. The van der Waals surface area contributed by atoms with Gasteiger partial charge in [-0.25, -0.2) is 4.39 Å². The largest absolute Gasteiger partial charge is 0.488 e. The van der Waals surface area contributed by atoms with Gasteiger partial charge in [0.05, 0.1) is 6.54 Å². The van der Waals surface area contributed by atoms with Crippen molar-refractivity contribution < 1.29 is 9.13 Å². The lowest BCUT2D eigenvalue weighted by Gasteiger charge is -2.12. The van der Waals surface area contributed by atoms with Gasteiger partial charge in [-0.2, -0.15) is 0 Å². The first-order chi connectivity index (χ1) is 9.20. The zero-order valence-electron chi connectivity index (χ0n) is 10.2. The molecule has 0 amide bonds. The van der Waals surface area contributed by atoms with Gasteiger partial charge in [-0.15, -0.1) is 0 Å². The Morgan fingerprint density at radius 1 is 1.21 bits per heavy atom. The van der Waals surface area contributed by atoms with E-state index in [1.165, 1.54) is 9.64 Å². The van der Waals surface area contributed by atoms with E-state index in [1.807, 2.05) is 12.1 Å². The van der Waals surface area contributed by atoms with E-state index in [-0.39, 0.29) is 11.9 Å². The van der Waals surface area contributed by atoms with E-state index in [9.17, 15) is 4.39 Å². The predicted octanol–water partition coefficient (Wildman–Crippen LogP) is 3.85. The van der Waals surface area contributed by atoms with Crippen LogP contribution >= 0.6 is 22.6 Å². The first-order valence-electron chi connectivity index (χ1n) is 6.15. The van der Waals surface area contributed by atoms with Crippen LogP contribution in [-0.4, -0.2) is 12.6 Å². The molecule has 98 valence electrons. The first kappa shape index (κ1) is 12.7. The summed E-state index contributed by atoms with van der Waals surface area (Å²) in [7, 11) is 0. The molecule has 0 radical (unpaired) electrons. The highest BCUT2D eigenvalue weighted by Crippen LogP contribution is 2.29. The molecular formula is C15H13FINO. The molecule has 1 unspecified atom stereocenters. The summed E-state index contributed by atoms with van der Waals surface area (Å²) >= 11 is 2.28. The third kappa shape index (κ3) is 3.00. The molecule has 2 aromatic rings. The van der Waals surface area contributed by atoms with Gasteiger partial charge in [-0.1, -0.05) is 0 Å². The number of nitrogens with one attached hydrogen (secondary N) is 1.